The van der Waals surface area contributed by atoms with Gasteiger partial charge in [0.15, 0.2) is 0 Å². The lowest BCUT2D eigenvalue weighted by molar-refractivity contribution is -0.143. The highest BCUT2D eigenvalue weighted by molar-refractivity contribution is 5.85. The fourth-order valence-electron chi connectivity index (χ4n) is 2.68. The molecule has 7 nitrogen and oxygen atoms in total. The van der Waals surface area contributed by atoms with E-state index in [0.717, 1.165) is 0 Å². The van der Waals surface area contributed by atoms with E-state index in [9.17, 15) is 14.4 Å². The Kier molecular flexibility index (Phi) is 4.46. The van der Waals surface area contributed by atoms with Crippen molar-refractivity contribution in [1.29, 1.82) is 0 Å². The first-order chi connectivity index (χ1) is 9.47. The molecule has 1 aliphatic heterocycles. The number of carboxylic acid groups (broad SMARTS) is 1. The van der Waals surface area contributed by atoms with Crippen LogP contribution in [0.25, 0.3) is 0 Å². The van der Waals surface area contributed by atoms with Gasteiger partial charge in [0, 0.05) is 26.2 Å². The van der Waals surface area contributed by atoms with E-state index in [0.29, 0.717) is 38.8 Å². The minimum Gasteiger partial charge on any atom is -0.481 e. The van der Waals surface area contributed by atoms with Crippen molar-refractivity contribution in [2.75, 3.05) is 26.7 Å². The van der Waals surface area contributed by atoms with Crippen molar-refractivity contribution in [1.82, 2.24) is 15.1 Å². The van der Waals surface area contributed by atoms with Crippen molar-refractivity contribution in [2.24, 2.45) is 5.92 Å². The third-order valence-electron chi connectivity index (χ3n) is 4.15. The lowest BCUT2D eigenvalue weighted by Gasteiger charge is -2.34. The Morgan fingerprint density at radius 2 is 1.85 bits per heavy atom. The number of piperazine rings is 1. The molecule has 0 spiro atoms. The summed E-state index contributed by atoms with van der Waals surface area (Å²) in [5.74, 6) is -1.09. The van der Waals surface area contributed by atoms with Gasteiger partial charge in [-0.3, -0.25) is 9.59 Å². The van der Waals surface area contributed by atoms with Crippen molar-refractivity contribution in [2.45, 2.75) is 31.7 Å². The third-order valence-corrected chi connectivity index (χ3v) is 4.15. The van der Waals surface area contributed by atoms with Crippen LogP contribution in [0.2, 0.25) is 0 Å². The summed E-state index contributed by atoms with van der Waals surface area (Å²) >= 11 is 0. The van der Waals surface area contributed by atoms with Crippen molar-refractivity contribution >= 4 is 17.9 Å². The van der Waals surface area contributed by atoms with Gasteiger partial charge in [-0.2, -0.15) is 0 Å². The zero-order valence-electron chi connectivity index (χ0n) is 11.7. The zero-order valence-corrected chi connectivity index (χ0v) is 11.7. The molecule has 2 fully saturated rings. The Balaban J connectivity index is 1.78. The molecular formula is C13H21N3O4. The third kappa shape index (κ3) is 3.40. The van der Waals surface area contributed by atoms with Gasteiger partial charge in [0.25, 0.3) is 0 Å². The fraction of sp³-hybridized carbons (Fsp3) is 0.769. The molecule has 2 N–H and O–H groups in total. The predicted molar refractivity (Wildman–Crippen MR) is 71.1 cm³/mol. The van der Waals surface area contributed by atoms with Gasteiger partial charge < -0.3 is 20.2 Å². The molecule has 0 radical (unpaired) electrons. The Hall–Kier alpha value is -1.79. The second-order valence-electron chi connectivity index (χ2n) is 5.57. The SMILES string of the molecule is CN1CCN(C(=O)NC2CCC(C(=O)O)CC2)CC1=O. The average molecular weight is 283 g/mol. The van der Waals surface area contributed by atoms with Crippen LogP contribution < -0.4 is 5.32 Å². The van der Waals surface area contributed by atoms with Crippen LogP contribution >= 0.6 is 0 Å². The normalized spacial score (nSPS) is 27.4. The maximum absolute atomic E-state index is 12.1. The Morgan fingerprint density at radius 1 is 1.20 bits per heavy atom. The molecule has 0 aromatic carbocycles. The number of nitrogens with zero attached hydrogens (tertiary/aromatic N) is 2. The molecule has 1 heterocycles. The van der Waals surface area contributed by atoms with Crippen LogP contribution in [0.3, 0.4) is 0 Å². The van der Waals surface area contributed by atoms with E-state index in [-0.39, 0.29) is 30.4 Å². The first-order valence-corrected chi connectivity index (χ1v) is 6.99. The fourth-order valence-corrected chi connectivity index (χ4v) is 2.68. The van der Waals surface area contributed by atoms with Crippen molar-refractivity contribution in [3.8, 4) is 0 Å². The van der Waals surface area contributed by atoms with Crippen LogP contribution in [-0.2, 0) is 9.59 Å². The number of amides is 3. The predicted octanol–water partition coefficient (Wildman–Crippen LogP) is 0.113. The second kappa shape index (κ2) is 6.11. The molecule has 20 heavy (non-hydrogen) atoms. The molecule has 0 bridgehead atoms. The van der Waals surface area contributed by atoms with Crippen LogP contribution in [0, 0.1) is 5.92 Å². The number of nitrogens with one attached hydrogen (secondary N) is 1. The first-order valence-electron chi connectivity index (χ1n) is 6.99. The number of hydrogen-bond acceptors (Lipinski definition) is 3. The van der Waals surface area contributed by atoms with Gasteiger partial charge in [0.1, 0.15) is 6.54 Å². The minimum atomic E-state index is -0.751. The minimum absolute atomic E-state index is 0.0212. The molecule has 0 atom stereocenters. The number of aliphatic carboxylic acids is 1. The number of hydrogen-bond donors (Lipinski definition) is 2. The molecule has 112 valence electrons. The van der Waals surface area contributed by atoms with Crippen LogP contribution in [0.5, 0.6) is 0 Å². The summed E-state index contributed by atoms with van der Waals surface area (Å²) < 4.78 is 0. The van der Waals surface area contributed by atoms with E-state index < -0.39 is 5.97 Å². The second-order valence-corrected chi connectivity index (χ2v) is 5.57. The molecule has 1 saturated heterocycles. The lowest BCUT2D eigenvalue weighted by atomic mass is 9.86. The molecule has 0 aromatic rings. The molecule has 0 aromatic heterocycles. The summed E-state index contributed by atoms with van der Waals surface area (Å²) in [5, 5.41) is 11.8. The number of urea groups is 1. The highest BCUT2D eigenvalue weighted by Gasteiger charge is 2.29. The lowest BCUT2D eigenvalue weighted by Crippen LogP contribution is -2.55. The van der Waals surface area contributed by atoms with Gasteiger partial charge >= 0.3 is 12.0 Å². The number of rotatable bonds is 2. The van der Waals surface area contributed by atoms with Gasteiger partial charge in [-0.25, -0.2) is 4.79 Å². The Labute approximate surface area is 117 Å². The smallest absolute Gasteiger partial charge is 0.318 e. The highest BCUT2D eigenvalue weighted by Crippen LogP contribution is 2.24. The molecule has 2 aliphatic rings. The quantitative estimate of drug-likeness (QED) is 0.753. The molecule has 3 amide bonds. The molecule has 2 rings (SSSR count). The Bertz CT molecular complexity index is 404. The van der Waals surface area contributed by atoms with E-state index >= 15 is 0 Å². The van der Waals surface area contributed by atoms with Gasteiger partial charge in [0.05, 0.1) is 5.92 Å². The number of likely N-dealkylation sites (N-methyl/N-ethyl adjacent to an activating group) is 1. The molecule has 1 aliphatic carbocycles. The summed E-state index contributed by atoms with van der Waals surface area (Å²) in [6.07, 6.45) is 2.57. The van der Waals surface area contributed by atoms with E-state index in [1.54, 1.807) is 11.9 Å². The average Bonchev–Trinajstić information content (AvgIpc) is 2.42. The van der Waals surface area contributed by atoms with Gasteiger partial charge in [0.2, 0.25) is 5.91 Å². The van der Waals surface area contributed by atoms with Crippen LogP contribution in [0.4, 0.5) is 4.79 Å². The number of carbonyl (C=O) groups is 3. The van der Waals surface area contributed by atoms with E-state index in [2.05, 4.69) is 5.32 Å². The highest BCUT2D eigenvalue weighted by atomic mass is 16.4. The molecular weight excluding hydrogens is 262 g/mol. The monoisotopic (exact) mass is 283 g/mol. The number of carboxylic acids is 1. The van der Waals surface area contributed by atoms with Crippen molar-refractivity contribution in [3.05, 3.63) is 0 Å². The maximum Gasteiger partial charge on any atom is 0.318 e. The van der Waals surface area contributed by atoms with Crippen LogP contribution in [0.1, 0.15) is 25.7 Å². The van der Waals surface area contributed by atoms with E-state index in [1.807, 2.05) is 0 Å². The summed E-state index contributed by atoms with van der Waals surface area (Å²) in [6.45, 7) is 1.21. The molecule has 0 unspecified atom stereocenters. The van der Waals surface area contributed by atoms with Gasteiger partial charge in [-0.05, 0) is 25.7 Å². The molecule has 1 saturated carbocycles. The Morgan fingerprint density at radius 3 is 2.40 bits per heavy atom. The topological polar surface area (TPSA) is 89.9 Å². The standard InChI is InChI=1S/C13H21N3O4/c1-15-6-7-16(8-11(15)17)13(20)14-10-4-2-9(3-5-10)12(18)19/h9-10H,2-8H2,1H3,(H,14,20)(H,18,19). The van der Waals surface area contributed by atoms with Crippen molar-refractivity contribution < 1.29 is 19.5 Å². The van der Waals surface area contributed by atoms with E-state index in [4.69, 9.17) is 5.11 Å². The summed E-state index contributed by atoms with van der Waals surface area (Å²) in [4.78, 5) is 37.6. The van der Waals surface area contributed by atoms with E-state index in [1.165, 1.54) is 4.90 Å². The molecule has 7 heteroatoms. The summed E-state index contributed by atoms with van der Waals surface area (Å²) in [7, 11) is 1.73. The number of carbonyl (C=O) groups excluding carboxylic acids is 2. The summed E-state index contributed by atoms with van der Waals surface area (Å²) in [6, 6.07) is -0.196. The first kappa shape index (κ1) is 14.6. The van der Waals surface area contributed by atoms with Gasteiger partial charge in [-0.1, -0.05) is 0 Å². The van der Waals surface area contributed by atoms with Crippen LogP contribution in [-0.4, -0.2) is 65.5 Å². The largest absolute Gasteiger partial charge is 0.481 e. The van der Waals surface area contributed by atoms with Crippen molar-refractivity contribution in [3.63, 3.8) is 0 Å². The van der Waals surface area contributed by atoms with Crippen LogP contribution in [0.15, 0.2) is 0 Å². The maximum atomic E-state index is 12.1. The van der Waals surface area contributed by atoms with Gasteiger partial charge in [-0.15, -0.1) is 0 Å². The zero-order chi connectivity index (χ0) is 14.7. The summed E-state index contributed by atoms with van der Waals surface area (Å²) in [5.41, 5.74) is 0.